The summed E-state index contributed by atoms with van der Waals surface area (Å²) in [6, 6.07) is 8.20. The van der Waals surface area contributed by atoms with E-state index >= 15 is 0 Å². The normalized spacial score (nSPS) is 11.9. The Hall–Kier alpha value is -1.55. The molecule has 17 heavy (non-hydrogen) atoms. The summed E-state index contributed by atoms with van der Waals surface area (Å²) in [5.41, 5.74) is 4.61. The van der Waals surface area contributed by atoms with Gasteiger partial charge in [-0.15, -0.1) is 0 Å². The highest BCUT2D eigenvalue weighted by atomic mass is 16.2. The third-order valence-electron chi connectivity index (χ3n) is 2.99. The minimum Gasteiger partial charge on any atom is -0.337 e. The number of amides is 2. The van der Waals surface area contributed by atoms with Gasteiger partial charge in [0, 0.05) is 6.54 Å². The van der Waals surface area contributed by atoms with Crippen molar-refractivity contribution in [2.75, 3.05) is 6.54 Å². The summed E-state index contributed by atoms with van der Waals surface area (Å²) in [7, 11) is 0. The van der Waals surface area contributed by atoms with Crippen molar-refractivity contribution in [3.63, 3.8) is 0 Å². The third-order valence-corrected chi connectivity index (χ3v) is 2.99. The van der Waals surface area contributed by atoms with Crippen LogP contribution in [-0.4, -0.2) is 12.6 Å². The van der Waals surface area contributed by atoms with Gasteiger partial charge in [-0.2, -0.15) is 0 Å². The van der Waals surface area contributed by atoms with Crippen molar-refractivity contribution < 1.29 is 4.79 Å². The second kappa shape index (κ2) is 6.91. The van der Waals surface area contributed by atoms with Crippen LogP contribution in [0.2, 0.25) is 0 Å². The fourth-order valence-electron chi connectivity index (χ4n) is 1.62. The number of hydrogen-bond acceptors (Lipinski definition) is 2. The van der Waals surface area contributed by atoms with Crippen LogP contribution in [0.15, 0.2) is 24.3 Å². The number of carbonyl (C=O) groups is 1. The Balaban J connectivity index is 2.43. The molecule has 2 amide bonds. The van der Waals surface area contributed by atoms with Gasteiger partial charge in [-0.1, -0.05) is 38.1 Å². The van der Waals surface area contributed by atoms with Crippen LogP contribution < -0.4 is 16.6 Å². The largest absolute Gasteiger partial charge is 0.337 e. The first-order valence-electron chi connectivity index (χ1n) is 6.00. The molecule has 0 fully saturated rings. The average Bonchev–Trinajstić information content (AvgIpc) is 2.38. The molecule has 4 nitrogen and oxygen atoms in total. The Kier molecular flexibility index (Phi) is 5.49. The van der Waals surface area contributed by atoms with E-state index in [1.165, 1.54) is 11.1 Å². The molecule has 1 rings (SSSR count). The first kappa shape index (κ1) is 13.5. The molecule has 1 aromatic rings. The quantitative estimate of drug-likeness (QED) is 0.414. The third kappa shape index (κ3) is 4.44. The summed E-state index contributed by atoms with van der Waals surface area (Å²) < 4.78 is 0. The van der Waals surface area contributed by atoms with E-state index in [1.54, 1.807) is 0 Å². The number of hydrazine groups is 1. The van der Waals surface area contributed by atoms with Gasteiger partial charge in [0.05, 0.1) is 0 Å². The van der Waals surface area contributed by atoms with Crippen LogP contribution in [0.4, 0.5) is 4.79 Å². The molecule has 1 aromatic carbocycles. The van der Waals surface area contributed by atoms with Crippen molar-refractivity contribution in [3.8, 4) is 0 Å². The molecule has 0 saturated carbocycles. The second-order valence-corrected chi connectivity index (χ2v) is 4.20. The molecule has 0 saturated heterocycles. The predicted octanol–water partition coefficient (Wildman–Crippen LogP) is 1.92. The van der Waals surface area contributed by atoms with Crippen molar-refractivity contribution in [2.24, 2.45) is 5.84 Å². The number of benzene rings is 1. The van der Waals surface area contributed by atoms with Crippen molar-refractivity contribution in [3.05, 3.63) is 35.4 Å². The lowest BCUT2D eigenvalue weighted by Crippen LogP contribution is -2.40. The molecular formula is C13H21N3O. The Labute approximate surface area is 103 Å². The van der Waals surface area contributed by atoms with E-state index in [1.807, 2.05) is 5.43 Å². The monoisotopic (exact) mass is 235 g/mol. The van der Waals surface area contributed by atoms with Gasteiger partial charge in [-0.05, 0) is 29.9 Å². The lowest BCUT2D eigenvalue weighted by Gasteiger charge is -2.10. The van der Waals surface area contributed by atoms with E-state index in [0.717, 1.165) is 12.8 Å². The maximum atomic E-state index is 10.8. The lowest BCUT2D eigenvalue weighted by molar-refractivity contribution is 0.241. The molecule has 1 atom stereocenters. The summed E-state index contributed by atoms with van der Waals surface area (Å²) >= 11 is 0. The van der Waals surface area contributed by atoms with E-state index < -0.39 is 0 Å². The highest BCUT2D eigenvalue weighted by Crippen LogP contribution is 2.18. The smallest absolute Gasteiger partial charge is 0.328 e. The number of nitrogens with two attached hydrogens (primary N) is 1. The summed E-state index contributed by atoms with van der Waals surface area (Å²) in [5, 5.41) is 2.65. The first-order chi connectivity index (χ1) is 8.17. The van der Waals surface area contributed by atoms with Crippen molar-refractivity contribution in [1.29, 1.82) is 0 Å². The highest BCUT2D eigenvalue weighted by Gasteiger charge is 2.02. The maximum Gasteiger partial charge on any atom is 0.328 e. The highest BCUT2D eigenvalue weighted by molar-refractivity contribution is 5.72. The fraction of sp³-hybridized carbons (Fsp3) is 0.462. The zero-order valence-corrected chi connectivity index (χ0v) is 10.5. The molecule has 0 aliphatic rings. The Morgan fingerprint density at radius 1 is 1.35 bits per heavy atom. The average molecular weight is 235 g/mol. The molecule has 0 aliphatic carbocycles. The lowest BCUT2D eigenvalue weighted by atomic mass is 9.97. The van der Waals surface area contributed by atoms with E-state index in [2.05, 4.69) is 43.4 Å². The molecule has 0 aliphatic heterocycles. The van der Waals surface area contributed by atoms with Gasteiger partial charge in [0.2, 0.25) is 0 Å². The van der Waals surface area contributed by atoms with Gasteiger partial charge in [0.1, 0.15) is 0 Å². The SMILES string of the molecule is CCC(C)c1ccc(CCNC(=O)NN)cc1. The molecule has 0 spiro atoms. The van der Waals surface area contributed by atoms with Crippen molar-refractivity contribution >= 4 is 6.03 Å². The van der Waals surface area contributed by atoms with Gasteiger partial charge in [0.25, 0.3) is 0 Å². The molecule has 0 aromatic heterocycles. The molecular weight excluding hydrogens is 214 g/mol. The van der Waals surface area contributed by atoms with Gasteiger partial charge in [-0.3, -0.25) is 5.43 Å². The topological polar surface area (TPSA) is 67.2 Å². The Morgan fingerprint density at radius 3 is 2.53 bits per heavy atom. The number of rotatable bonds is 5. The predicted molar refractivity (Wildman–Crippen MR) is 69.6 cm³/mol. The van der Waals surface area contributed by atoms with Crippen molar-refractivity contribution in [2.45, 2.75) is 32.6 Å². The van der Waals surface area contributed by atoms with Gasteiger partial charge in [-0.25, -0.2) is 10.6 Å². The van der Waals surface area contributed by atoms with Gasteiger partial charge >= 0.3 is 6.03 Å². The van der Waals surface area contributed by atoms with Gasteiger partial charge in [0.15, 0.2) is 0 Å². The Morgan fingerprint density at radius 2 is 2.00 bits per heavy atom. The van der Waals surface area contributed by atoms with Crippen LogP contribution in [0, 0.1) is 0 Å². The van der Waals surface area contributed by atoms with E-state index in [9.17, 15) is 4.79 Å². The molecule has 0 heterocycles. The molecule has 0 radical (unpaired) electrons. The zero-order valence-electron chi connectivity index (χ0n) is 10.5. The summed E-state index contributed by atoms with van der Waals surface area (Å²) in [4.78, 5) is 10.8. The van der Waals surface area contributed by atoms with Gasteiger partial charge < -0.3 is 5.32 Å². The first-order valence-corrected chi connectivity index (χ1v) is 6.00. The van der Waals surface area contributed by atoms with E-state index in [-0.39, 0.29) is 6.03 Å². The molecule has 1 unspecified atom stereocenters. The second-order valence-electron chi connectivity index (χ2n) is 4.20. The molecule has 94 valence electrons. The number of urea groups is 1. The summed E-state index contributed by atoms with van der Waals surface area (Å²) in [6.07, 6.45) is 1.96. The standard InChI is InChI=1S/C13H21N3O/c1-3-10(2)12-6-4-11(5-7-12)8-9-15-13(17)16-14/h4-7,10H,3,8-9,14H2,1-2H3,(H2,15,16,17). The number of nitrogens with one attached hydrogen (secondary N) is 2. The van der Waals surface area contributed by atoms with E-state index in [0.29, 0.717) is 12.5 Å². The van der Waals surface area contributed by atoms with Crippen LogP contribution >= 0.6 is 0 Å². The van der Waals surface area contributed by atoms with Crippen LogP contribution in [0.5, 0.6) is 0 Å². The Bertz CT molecular complexity index is 348. The van der Waals surface area contributed by atoms with Crippen LogP contribution in [-0.2, 0) is 6.42 Å². The molecule has 4 N–H and O–H groups in total. The number of carbonyl (C=O) groups excluding carboxylic acids is 1. The minimum absolute atomic E-state index is 0.346. The van der Waals surface area contributed by atoms with E-state index in [4.69, 9.17) is 5.84 Å². The van der Waals surface area contributed by atoms with Crippen LogP contribution in [0.25, 0.3) is 0 Å². The molecule has 4 heteroatoms. The van der Waals surface area contributed by atoms with Crippen LogP contribution in [0.3, 0.4) is 0 Å². The molecule has 0 bridgehead atoms. The van der Waals surface area contributed by atoms with Crippen molar-refractivity contribution in [1.82, 2.24) is 10.7 Å². The minimum atomic E-state index is -0.346. The summed E-state index contributed by atoms with van der Waals surface area (Å²) in [5.74, 6) is 5.56. The maximum absolute atomic E-state index is 10.8. The van der Waals surface area contributed by atoms with Crippen LogP contribution in [0.1, 0.15) is 37.3 Å². The summed E-state index contributed by atoms with van der Waals surface area (Å²) in [6.45, 7) is 5.00. The fourth-order valence-corrected chi connectivity index (χ4v) is 1.62. The number of hydrogen-bond donors (Lipinski definition) is 3. The zero-order chi connectivity index (χ0) is 12.7.